The molecular weight excluding hydrogens is 120 g/mol. The largest absolute Gasteiger partial charge is 0.480 e. The van der Waals surface area contributed by atoms with Crippen molar-refractivity contribution < 1.29 is 19.5 Å². The lowest BCUT2D eigenvalue weighted by Crippen LogP contribution is -2.30. The molecule has 0 aromatic heterocycles. The van der Waals surface area contributed by atoms with Gasteiger partial charge in [0, 0.05) is 8.22 Å². The molecule has 0 saturated heterocycles. The van der Waals surface area contributed by atoms with E-state index in [1.165, 1.54) is 0 Å². The Labute approximate surface area is 63.7 Å². The first kappa shape index (κ1) is 2.21. The molecule has 0 radical (unpaired) electrons. The van der Waals surface area contributed by atoms with E-state index in [4.69, 9.17) is 26.2 Å². The third-order valence-electron chi connectivity index (χ3n) is 0.500. The third kappa shape index (κ3) is 3.93. The molecule has 0 fully saturated rings. The zero-order valence-electron chi connectivity index (χ0n) is 11.5. The van der Waals surface area contributed by atoms with E-state index in [9.17, 15) is 4.79 Å². The molecule has 4 heteroatoms. The molecule has 0 saturated carbocycles. The van der Waals surface area contributed by atoms with E-state index in [0.717, 1.165) is 0 Å². The van der Waals surface area contributed by atoms with Crippen molar-refractivity contribution in [2.75, 3.05) is 6.50 Å². The van der Waals surface area contributed by atoms with Crippen molar-refractivity contribution in [3.05, 3.63) is 0 Å². The quantitative estimate of drug-likeness (QED) is 0.472. The molecule has 0 rings (SSSR count). The van der Waals surface area contributed by atoms with Gasteiger partial charge in [-0.05, 0) is 19.2 Å². The second-order valence-corrected chi connectivity index (χ2v) is 1.11. The minimum Gasteiger partial charge on any atom is -0.480 e. The molecular formula is C5H12N2O2. The molecule has 9 heavy (non-hydrogen) atoms. The summed E-state index contributed by atoms with van der Waals surface area (Å²) in [5.41, 5.74) is 9.63. The van der Waals surface area contributed by atoms with E-state index in [2.05, 4.69) is 0 Å². The van der Waals surface area contributed by atoms with Crippen LogP contribution >= 0.6 is 0 Å². The summed E-state index contributed by atoms with van der Waals surface area (Å²) in [7, 11) is 0. The van der Waals surface area contributed by atoms with Crippen molar-refractivity contribution in [2.45, 2.75) is 18.8 Å². The minimum absolute atomic E-state index is 2.12. The van der Waals surface area contributed by atoms with Gasteiger partial charge in [-0.15, -0.1) is 0 Å². The first-order valence-corrected chi connectivity index (χ1v) is 2.01. The van der Waals surface area contributed by atoms with Crippen molar-refractivity contribution in [3.63, 3.8) is 0 Å². The number of carboxylic acid groups (broad SMARTS) is 1. The molecule has 1 unspecified atom stereocenters. The van der Waals surface area contributed by atoms with E-state index in [-0.39, 0.29) is 0 Å². The molecule has 0 aromatic carbocycles. The SMILES string of the molecule is [2H]C([2H])(N)C([2H])([2H])C([2H])([2H])C([2H])(N)C(=O)O. The van der Waals surface area contributed by atoms with Crippen LogP contribution in [0, 0.1) is 0 Å². The maximum absolute atomic E-state index is 10.6. The van der Waals surface area contributed by atoms with Crippen LogP contribution in [0.1, 0.15) is 22.3 Å². The minimum atomic E-state index is -3.52. The third-order valence-corrected chi connectivity index (χ3v) is 0.500. The molecule has 0 bridgehead atoms. The summed E-state index contributed by atoms with van der Waals surface area (Å²) >= 11 is 0. The predicted molar refractivity (Wildman–Crippen MR) is 33.9 cm³/mol. The highest BCUT2D eigenvalue weighted by atomic mass is 16.4. The summed E-state index contributed by atoms with van der Waals surface area (Å²) in [6, 6.07) is -3.36. The molecule has 4 nitrogen and oxygen atoms in total. The Hall–Kier alpha value is -0.610. The molecule has 0 heterocycles. The topological polar surface area (TPSA) is 89.3 Å². The Morgan fingerprint density at radius 3 is 2.89 bits per heavy atom. The zero-order valence-corrected chi connectivity index (χ0v) is 4.51. The average Bonchev–Trinajstić information content (AvgIpc) is 2.00. The van der Waals surface area contributed by atoms with Crippen LogP contribution in [0.4, 0.5) is 0 Å². The summed E-state index contributed by atoms with van der Waals surface area (Å²) in [4.78, 5) is 10.6. The smallest absolute Gasteiger partial charge is 0.320 e. The molecule has 54 valence electrons. The van der Waals surface area contributed by atoms with Gasteiger partial charge < -0.3 is 16.6 Å². The highest BCUT2D eigenvalue weighted by Gasteiger charge is 2.08. The van der Waals surface area contributed by atoms with Crippen molar-refractivity contribution in [1.82, 2.24) is 0 Å². The molecule has 1 atom stereocenters. The molecule has 0 aliphatic carbocycles. The van der Waals surface area contributed by atoms with Gasteiger partial charge in [-0.2, -0.15) is 0 Å². The zero-order chi connectivity index (χ0) is 13.6. The van der Waals surface area contributed by atoms with Crippen molar-refractivity contribution in [3.8, 4) is 0 Å². The van der Waals surface area contributed by atoms with Crippen LogP contribution in [0.25, 0.3) is 0 Å². The van der Waals surface area contributed by atoms with Crippen LogP contribution in [0.15, 0.2) is 0 Å². The van der Waals surface area contributed by atoms with Crippen LogP contribution in [0.2, 0.25) is 0 Å². The Morgan fingerprint density at radius 1 is 2.00 bits per heavy atom. The van der Waals surface area contributed by atoms with Crippen molar-refractivity contribution >= 4 is 5.97 Å². The number of carbonyl (C=O) groups is 1. The van der Waals surface area contributed by atoms with Gasteiger partial charge in [0.2, 0.25) is 0 Å². The lowest BCUT2D eigenvalue weighted by atomic mass is 10.2. The number of hydrogen-bond acceptors (Lipinski definition) is 3. The highest BCUT2D eigenvalue weighted by molar-refractivity contribution is 5.72. The normalized spacial score (nSPS) is 32.9. The molecule has 0 aliphatic heterocycles. The van der Waals surface area contributed by atoms with E-state index in [0.29, 0.717) is 0 Å². The molecule has 0 spiro atoms. The number of nitrogens with two attached hydrogens (primary N) is 2. The van der Waals surface area contributed by atoms with Crippen molar-refractivity contribution in [1.29, 1.82) is 0 Å². The van der Waals surface area contributed by atoms with Gasteiger partial charge in [-0.1, -0.05) is 0 Å². The van der Waals surface area contributed by atoms with Crippen LogP contribution < -0.4 is 11.5 Å². The van der Waals surface area contributed by atoms with Crippen LogP contribution in [0.5, 0.6) is 0 Å². The first-order valence-electron chi connectivity index (χ1n) is 5.51. The Morgan fingerprint density at radius 2 is 2.56 bits per heavy atom. The van der Waals surface area contributed by atoms with Crippen LogP contribution in [-0.2, 0) is 4.79 Å². The number of aliphatic carboxylic acids is 1. The average molecular weight is 139 g/mol. The van der Waals surface area contributed by atoms with Gasteiger partial charge in [0.1, 0.15) is 6.02 Å². The highest BCUT2D eigenvalue weighted by Crippen LogP contribution is 1.91. The standard InChI is InChI=1S/C5H12N2O2/c6-3-1-2-4(7)5(8)9/h4H,1-3,6-7H2,(H,8,9)/i1D2,2D2,3D2,4D. The lowest BCUT2D eigenvalue weighted by Gasteiger charge is -2.02. The van der Waals surface area contributed by atoms with Gasteiger partial charge in [0.25, 0.3) is 0 Å². The summed E-state index contributed by atoms with van der Waals surface area (Å²) in [6.07, 6.45) is -6.97. The second-order valence-electron chi connectivity index (χ2n) is 1.11. The number of hydrogen-bond donors (Lipinski definition) is 3. The monoisotopic (exact) mass is 139 g/mol. The van der Waals surface area contributed by atoms with E-state index in [1.54, 1.807) is 0 Å². The van der Waals surface area contributed by atoms with Gasteiger partial charge in [-0.3, -0.25) is 4.79 Å². The maximum atomic E-state index is 10.6. The first-order chi connectivity index (χ1) is 6.69. The molecule has 5 N–H and O–H groups in total. The van der Waals surface area contributed by atoms with Crippen LogP contribution in [0.3, 0.4) is 0 Å². The fourth-order valence-electron chi connectivity index (χ4n) is 0.157. The Balaban J connectivity index is 5.62. The number of rotatable bonds is 4. The van der Waals surface area contributed by atoms with Gasteiger partial charge in [0.15, 0.2) is 0 Å². The Bertz CT molecular complexity index is 298. The number of carboxylic acids is 1. The fourth-order valence-corrected chi connectivity index (χ4v) is 0.157. The van der Waals surface area contributed by atoms with Gasteiger partial charge in [-0.25, -0.2) is 0 Å². The summed E-state index contributed by atoms with van der Waals surface area (Å²) in [6.45, 7) is -3.18. The molecule has 0 aliphatic rings. The van der Waals surface area contributed by atoms with Crippen LogP contribution in [-0.4, -0.2) is 23.6 Å². The lowest BCUT2D eigenvalue weighted by molar-refractivity contribution is -0.138. The summed E-state index contributed by atoms with van der Waals surface area (Å²) in [5, 5.41) is 8.52. The maximum Gasteiger partial charge on any atom is 0.320 e. The van der Waals surface area contributed by atoms with E-state index >= 15 is 0 Å². The van der Waals surface area contributed by atoms with Crippen molar-refractivity contribution in [2.24, 2.45) is 11.5 Å². The fraction of sp³-hybridized carbons (Fsp3) is 0.800. The van der Waals surface area contributed by atoms with Gasteiger partial charge >= 0.3 is 5.97 Å². The van der Waals surface area contributed by atoms with E-state index in [1.807, 2.05) is 0 Å². The van der Waals surface area contributed by atoms with Gasteiger partial charge in [0.05, 0.1) is 1.37 Å². The summed E-state index contributed by atoms with van der Waals surface area (Å²) in [5.74, 6) is -2.12. The Kier molecular flexibility index (Phi) is 1.05. The second kappa shape index (κ2) is 4.29. The molecule has 0 amide bonds. The predicted octanol–water partition coefficient (Wildman–Crippen LogP) is -0.863. The van der Waals surface area contributed by atoms with E-state index < -0.39 is 31.2 Å². The molecule has 0 aromatic rings. The summed E-state index contributed by atoms with van der Waals surface area (Å²) < 4.78 is 49.6.